The number of benzene rings is 2. The van der Waals surface area contributed by atoms with Crippen molar-refractivity contribution in [3.63, 3.8) is 0 Å². The van der Waals surface area contributed by atoms with Crippen LogP contribution in [0.2, 0.25) is 0 Å². The molecule has 0 fully saturated rings. The highest BCUT2D eigenvalue weighted by atomic mass is 32.2. The van der Waals surface area contributed by atoms with Crippen LogP contribution in [0.25, 0.3) is 6.08 Å². The zero-order chi connectivity index (χ0) is 20.0. The molecule has 0 unspecified atom stereocenters. The molecule has 2 aromatic carbocycles. The first-order valence-corrected chi connectivity index (χ1v) is 9.11. The number of nitriles is 1. The van der Waals surface area contributed by atoms with Crippen LogP contribution in [0.5, 0.6) is 11.5 Å². The smallest absolute Gasteiger partial charge is 0.266 e. The summed E-state index contributed by atoms with van der Waals surface area (Å²) in [5.74, 6) is 0.339. The van der Waals surface area contributed by atoms with E-state index in [1.807, 2.05) is 6.07 Å². The molecule has 3 N–H and O–H groups in total. The van der Waals surface area contributed by atoms with E-state index in [-0.39, 0.29) is 10.5 Å². The van der Waals surface area contributed by atoms with E-state index in [4.69, 9.17) is 14.6 Å². The highest BCUT2D eigenvalue weighted by Gasteiger charge is 2.12. The predicted molar refractivity (Wildman–Crippen MR) is 99.6 cm³/mol. The fourth-order valence-electron chi connectivity index (χ4n) is 2.18. The number of methoxy groups -OCH3 is 2. The van der Waals surface area contributed by atoms with Crippen molar-refractivity contribution in [2.45, 2.75) is 4.90 Å². The van der Waals surface area contributed by atoms with E-state index in [0.29, 0.717) is 22.7 Å². The Morgan fingerprint density at radius 1 is 1.11 bits per heavy atom. The summed E-state index contributed by atoms with van der Waals surface area (Å²) in [4.78, 5) is 12.2. The third-order valence-corrected chi connectivity index (χ3v) is 4.45. The Kier molecular flexibility index (Phi) is 6.18. The number of nitrogens with one attached hydrogen (secondary N) is 1. The third-order valence-electron chi connectivity index (χ3n) is 3.52. The highest BCUT2D eigenvalue weighted by Crippen LogP contribution is 2.28. The van der Waals surface area contributed by atoms with Crippen molar-refractivity contribution < 1.29 is 22.7 Å². The first-order chi connectivity index (χ1) is 12.8. The van der Waals surface area contributed by atoms with Crippen molar-refractivity contribution in [3.8, 4) is 17.6 Å². The fraction of sp³-hybridized carbons (Fsp3) is 0.111. The maximum absolute atomic E-state index is 12.3. The molecule has 0 radical (unpaired) electrons. The maximum Gasteiger partial charge on any atom is 0.266 e. The van der Waals surface area contributed by atoms with Gasteiger partial charge in [0.2, 0.25) is 10.0 Å². The van der Waals surface area contributed by atoms with E-state index in [0.717, 1.165) is 0 Å². The van der Waals surface area contributed by atoms with Crippen molar-refractivity contribution in [1.82, 2.24) is 0 Å². The summed E-state index contributed by atoms with van der Waals surface area (Å²) in [5.41, 5.74) is 0.752. The molecule has 27 heavy (non-hydrogen) atoms. The highest BCUT2D eigenvalue weighted by molar-refractivity contribution is 7.89. The monoisotopic (exact) mass is 387 g/mol. The van der Waals surface area contributed by atoms with Gasteiger partial charge in [-0.2, -0.15) is 5.26 Å². The second-order valence-corrected chi connectivity index (χ2v) is 6.87. The quantitative estimate of drug-likeness (QED) is 0.575. The molecule has 2 rings (SSSR count). The zero-order valence-corrected chi connectivity index (χ0v) is 15.4. The third kappa shape index (κ3) is 5.07. The van der Waals surface area contributed by atoms with Gasteiger partial charge >= 0.3 is 0 Å². The molecule has 0 aromatic heterocycles. The summed E-state index contributed by atoms with van der Waals surface area (Å²) in [6.45, 7) is 0. The van der Waals surface area contributed by atoms with Gasteiger partial charge in [-0.3, -0.25) is 4.79 Å². The van der Waals surface area contributed by atoms with Gasteiger partial charge in [0, 0.05) is 5.69 Å². The lowest BCUT2D eigenvalue weighted by Crippen LogP contribution is -2.14. The fourth-order valence-corrected chi connectivity index (χ4v) is 2.70. The molecule has 140 valence electrons. The summed E-state index contributed by atoms with van der Waals surface area (Å²) in [6, 6.07) is 12.1. The predicted octanol–water partition coefficient (Wildman–Crippen LogP) is 1.90. The molecule has 1 amide bonds. The van der Waals surface area contributed by atoms with Gasteiger partial charge in [0.15, 0.2) is 11.5 Å². The number of carbonyl (C=O) groups excluding carboxylic acids is 1. The average molecular weight is 387 g/mol. The molecule has 0 atom stereocenters. The molecule has 0 spiro atoms. The van der Waals surface area contributed by atoms with Gasteiger partial charge in [0.25, 0.3) is 5.91 Å². The summed E-state index contributed by atoms with van der Waals surface area (Å²) in [6.07, 6.45) is 1.40. The molecule has 8 nitrogen and oxygen atoms in total. The first-order valence-electron chi connectivity index (χ1n) is 7.56. The van der Waals surface area contributed by atoms with Crippen LogP contribution in [0.15, 0.2) is 52.9 Å². The van der Waals surface area contributed by atoms with Gasteiger partial charge in [0.1, 0.15) is 11.6 Å². The van der Waals surface area contributed by atoms with Crippen LogP contribution in [-0.4, -0.2) is 28.5 Å². The number of amides is 1. The van der Waals surface area contributed by atoms with Gasteiger partial charge in [-0.05, 0) is 48.0 Å². The van der Waals surface area contributed by atoms with Crippen molar-refractivity contribution in [3.05, 3.63) is 53.6 Å². The number of sulfonamides is 1. The molecule has 0 aliphatic heterocycles. The number of hydrogen-bond acceptors (Lipinski definition) is 6. The summed E-state index contributed by atoms with van der Waals surface area (Å²) < 4.78 is 32.8. The summed E-state index contributed by atoms with van der Waals surface area (Å²) in [5, 5.41) is 16.8. The first kappa shape index (κ1) is 20.0. The lowest BCUT2D eigenvalue weighted by molar-refractivity contribution is -0.112. The Bertz CT molecular complexity index is 1020. The number of ether oxygens (including phenoxy) is 2. The number of rotatable bonds is 6. The number of carbonyl (C=O) groups is 1. The van der Waals surface area contributed by atoms with Gasteiger partial charge in [-0.1, -0.05) is 6.07 Å². The van der Waals surface area contributed by atoms with E-state index in [1.165, 1.54) is 44.6 Å². The van der Waals surface area contributed by atoms with E-state index in [2.05, 4.69) is 5.32 Å². The van der Waals surface area contributed by atoms with Gasteiger partial charge in [-0.15, -0.1) is 0 Å². The van der Waals surface area contributed by atoms with Crippen LogP contribution < -0.4 is 19.9 Å². The van der Waals surface area contributed by atoms with Crippen LogP contribution in [-0.2, 0) is 14.8 Å². The van der Waals surface area contributed by atoms with E-state index >= 15 is 0 Å². The number of anilines is 1. The Labute approximate surface area is 156 Å². The molecule has 0 saturated carbocycles. The second kappa shape index (κ2) is 8.35. The lowest BCUT2D eigenvalue weighted by Gasteiger charge is -2.08. The normalized spacial score (nSPS) is 11.4. The second-order valence-electron chi connectivity index (χ2n) is 5.31. The van der Waals surface area contributed by atoms with Crippen LogP contribution in [0.1, 0.15) is 5.56 Å². The standard InChI is InChI=1S/C18H17N3O5S/c1-25-16-8-3-12(10-17(16)26-2)9-13(11-19)18(22)21-14-4-6-15(7-5-14)27(20,23)24/h3-10H,1-2H3,(H,21,22)(H2,20,23,24)/b13-9+. The Balaban J connectivity index is 2.23. The average Bonchev–Trinajstić information content (AvgIpc) is 2.65. The van der Waals surface area contributed by atoms with Crippen molar-refractivity contribution in [2.24, 2.45) is 5.14 Å². The maximum atomic E-state index is 12.3. The topological polar surface area (TPSA) is 132 Å². The number of nitrogens with two attached hydrogens (primary N) is 1. The van der Waals surface area contributed by atoms with Gasteiger partial charge in [0.05, 0.1) is 19.1 Å². The molecule has 2 aromatic rings. The minimum Gasteiger partial charge on any atom is -0.493 e. The van der Waals surface area contributed by atoms with E-state index < -0.39 is 15.9 Å². The summed E-state index contributed by atoms with van der Waals surface area (Å²) in [7, 11) is -0.837. The molecule has 0 aliphatic carbocycles. The molecule has 0 bridgehead atoms. The van der Waals surface area contributed by atoms with E-state index in [9.17, 15) is 18.5 Å². The minimum absolute atomic E-state index is 0.0816. The molecular formula is C18H17N3O5S. The SMILES string of the molecule is COc1ccc(/C=C(\C#N)C(=O)Nc2ccc(S(N)(=O)=O)cc2)cc1OC. The lowest BCUT2D eigenvalue weighted by atomic mass is 10.1. The van der Waals surface area contributed by atoms with Crippen LogP contribution in [0.4, 0.5) is 5.69 Å². The van der Waals surface area contributed by atoms with Crippen LogP contribution in [0.3, 0.4) is 0 Å². The number of nitrogens with zero attached hydrogens (tertiary/aromatic N) is 1. The van der Waals surface area contributed by atoms with Crippen molar-refractivity contribution >= 4 is 27.7 Å². The Morgan fingerprint density at radius 2 is 1.74 bits per heavy atom. The Morgan fingerprint density at radius 3 is 2.26 bits per heavy atom. The van der Waals surface area contributed by atoms with Crippen LogP contribution in [0, 0.1) is 11.3 Å². The molecular weight excluding hydrogens is 370 g/mol. The Hall–Kier alpha value is -3.35. The summed E-state index contributed by atoms with van der Waals surface area (Å²) >= 11 is 0. The number of primary sulfonamides is 1. The largest absolute Gasteiger partial charge is 0.493 e. The molecule has 0 heterocycles. The zero-order valence-electron chi connectivity index (χ0n) is 14.6. The van der Waals surface area contributed by atoms with E-state index in [1.54, 1.807) is 18.2 Å². The molecule has 0 aliphatic rings. The van der Waals surface area contributed by atoms with Crippen molar-refractivity contribution in [1.29, 1.82) is 5.26 Å². The van der Waals surface area contributed by atoms with Crippen LogP contribution >= 0.6 is 0 Å². The number of hydrogen-bond donors (Lipinski definition) is 2. The van der Waals surface area contributed by atoms with Crippen molar-refractivity contribution in [2.75, 3.05) is 19.5 Å². The minimum atomic E-state index is -3.82. The molecule has 9 heteroatoms. The van der Waals surface area contributed by atoms with Gasteiger partial charge < -0.3 is 14.8 Å². The molecule has 0 saturated heterocycles. The van der Waals surface area contributed by atoms with Gasteiger partial charge in [-0.25, -0.2) is 13.6 Å².